The molecule has 0 saturated heterocycles. The molecule has 1 aromatic rings. The lowest BCUT2D eigenvalue weighted by Gasteiger charge is -2.03. The number of hydrogen-bond donors (Lipinski definition) is 1. The van der Waals surface area contributed by atoms with E-state index in [0.717, 1.165) is 12.2 Å². The van der Waals surface area contributed by atoms with Gasteiger partial charge in [-0.3, -0.25) is 0 Å². The molecule has 0 unspecified atom stereocenters. The Morgan fingerprint density at radius 3 is 2.71 bits per heavy atom. The van der Waals surface area contributed by atoms with Crippen molar-refractivity contribution in [3.63, 3.8) is 0 Å². The van der Waals surface area contributed by atoms with E-state index in [1.807, 2.05) is 18.2 Å². The standard InChI is InChI=1S/C11H16O2S/c12-7-4-8-14-10-13-9-11-5-2-1-3-6-11/h1-3,5-6,12H,4,7-10H2. The van der Waals surface area contributed by atoms with Crippen LogP contribution in [-0.2, 0) is 11.3 Å². The number of thioether (sulfide) groups is 1. The fourth-order valence-electron chi connectivity index (χ4n) is 1.02. The largest absolute Gasteiger partial charge is 0.396 e. The molecule has 0 aliphatic carbocycles. The van der Waals surface area contributed by atoms with Crippen molar-refractivity contribution in [1.82, 2.24) is 0 Å². The molecule has 1 N–H and O–H groups in total. The molecule has 0 amide bonds. The Kier molecular flexibility index (Phi) is 6.49. The van der Waals surface area contributed by atoms with E-state index in [1.165, 1.54) is 5.56 Å². The van der Waals surface area contributed by atoms with Gasteiger partial charge in [-0.05, 0) is 17.7 Å². The summed E-state index contributed by atoms with van der Waals surface area (Å²) in [5.41, 5.74) is 1.20. The second-order valence-corrected chi connectivity index (χ2v) is 3.99. The highest BCUT2D eigenvalue weighted by Crippen LogP contribution is 2.06. The molecule has 0 aromatic heterocycles. The first-order chi connectivity index (χ1) is 6.93. The Morgan fingerprint density at radius 2 is 2.00 bits per heavy atom. The molecule has 0 radical (unpaired) electrons. The average molecular weight is 212 g/mol. The highest BCUT2D eigenvalue weighted by molar-refractivity contribution is 7.99. The average Bonchev–Trinajstić information content (AvgIpc) is 2.25. The quantitative estimate of drug-likeness (QED) is 0.555. The maximum atomic E-state index is 8.55. The summed E-state index contributed by atoms with van der Waals surface area (Å²) in [4.78, 5) is 0. The lowest BCUT2D eigenvalue weighted by molar-refractivity contribution is 0.169. The van der Waals surface area contributed by atoms with E-state index in [2.05, 4.69) is 12.1 Å². The molecule has 0 heterocycles. The van der Waals surface area contributed by atoms with Crippen molar-refractivity contribution in [1.29, 1.82) is 0 Å². The van der Waals surface area contributed by atoms with Gasteiger partial charge in [-0.2, -0.15) is 0 Å². The van der Waals surface area contributed by atoms with Crippen LogP contribution in [0.1, 0.15) is 12.0 Å². The van der Waals surface area contributed by atoms with Gasteiger partial charge in [0.25, 0.3) is 0 Å². The van der Waals surface area contributed by atoms with Crippen molar-refractivity contribution >= 4 is 11.8 Å². The van der Waals surface area contributed by atoms with Gasteiger partial charge >= 0.3 is 0 Å². The van der Waals surface area contributed by atoms with E-state index < -0.39 is 0 Å². The minimum Gasteiger partial charge on any atom is -0.396 e. The van der Waals surface area contributed by atoms with Crippen LogP contribution < -0.4 is 0 Å². The normalized spacial score (nSPS) is 10.4. The van der Waals surface area contributed by atoms with Gasteiger partial charge in [0.05, 0.1) is 12.5 Å². The van der Waals surface area contributed by atoms with Crippen molar-refractivity contribution in [3.8, 4) is 0 Å². The lowest BCUT2D eigenvalue weighted by Crippen LogP contribution is -1.94. The highest BCUT2D eigenvalue weighted by atomic mass is 32.2. The maximum absolute atomic E-state index is 8.55. The Morgan fingerprint density at radius 1 is 1.21 bits per heavy atom. The topological polar surface area (TPSA) is 29.5 Å². The van der Waals surface area contributed by atoms with Crippen LogP contribution in [0.3, 0.4) is 0 Å². The molecular weight excluding hydrogens is 196 g/mol. The Balaban J connectivity index is 1.99. The number of benzene rings is 1. The van der Waals surface area contributed by atoms with Crippen LogP contribution in [-0.4, -0.2) is 23.4 Å². The molecule has 0 saturated carbocycles. The third-order valence-corrected chi connectivity index (χ3v) is 2.64. The first-order valence-electron chi connectivity index (χ1n) is 4.74. The zero-order valence-electron chi connectivity index (χ0n) is 8.19. The van der Waals surface area contributed by atoms with E-state index >= 15 is 0 Å². The molecule has 1 rings (SSSR count). The third-order valence-electron chi connectivity index (χ3n) is 1.73. The number of aliphatic hydroxyl groups excluding tert-OH is 1. The van der Waals surface area contributed by atoms with E-state index in [9.17, 15) is 0 Å². The van der Waals surface area contributed by atoms with E-state index in [0.29, 0.717) is 12.5 Å². The predicted molar refractivity (Wildman–Crippen MR) is 60.3 cm³/mol. The smallest absolute Gasteiger partial charge is 0.0925 e. The van der Waals surface area contributed by atoms with Crippen LogP contribution in [0, 0.1) is 0 Å². The van der Waals surface area contributed by atoms with Crippen LogP contribution in [0.25, 0.3) is 0 Å². The van der Waals surface area contributed by atoms with Gasteiger partial charge in [0.2, 0.25) is 0 Å². The summed E-state index contributed by atoms with van der Waals surface area (Å²) in [5, 5.41) is 8.55. The van der Waals surface area contributed by atoms with Gasteiger partial charge in [-0.1, -0.05) is 30.3 Å². The molecule has 0 atom stereocenters. The van der Waals surface area contributed by atoms with Crippen LogP contribution in [0.5, 0.6) is 0 Å². The minimum absolute atomic E-state index is 0.270. The molecule has 1 aromatic carbocycles. The third kappa shape index (κ3) is 5.27. The first-order valence-corrected chi connectivity index (χ1v) is 5.89. The predicted octanol–water partition coefficient (Wildman–Crippen LogP) is 2.28. The Bertz CT molecular complexity index is 226. The summed E-state index contributed by atoms with van der Waals surface area (Å²) < 4.78 is 5.45. The first kappa shape index (κ1) is 11.6. The van der Waals surface area contributed by atoms with Crippen molar-refractivity contribution < 1.29 is 9.84 Å². The summed E-state index contributed by atoms with van der Waals surface area (Å²) >= 11 is 1.71. The van der Waals surface area contributed by atoms with Gasteiger partial charge in [0, 0.05) is 6.61 Å². The highest BCUT2D eigenvalue weighted by Gasteiger charge is 1.91. The van der Waals surface area contributed by atoms with E-state index in [1.54, 1.807) is 11.8 Å². The van der Waals surface area contributed by atoms with Gasteiger partial charge in [0.1, 0.15) is 0 Å². The molecule has 0 aliphatic heterocycles. The maximum Gasteiger partial charge on any atom is 0.0925 e. The van der Waals surface area contributed by atoms with Crippen LogP contribution in [0.4, 0.5) is 0 Å². The zero-order valence-corrected chi connectivity index (χ0v) is 9.00. The molecule has 3 heteroatoms. The van der Waals surface area contributed by atoms with Gasteiger partial charge in [0.15, 0.2) is 0 Å². The van der Waals surface area contributed by atoms with Crippen molar-refractivity contribution in [2.45, 2.75) is 13.0 Å². The molecule has 0 bridgehead atoms. The second-order valence-electron chi connectivity index (χ2n) is 2.94. The summed E-state index contributed by atoms with van der Waals surface area (Å²) in [6.45, 7) is 0.943. The fraction of sp³-hybridized carbons (Fsp3) is 0.455. The fourth-order valence-corrected chi connectivity index (χ4v) is 1.67. The number of aliphatic hydroxyl groups is 1. The van der Waals surface area contributed by atoms with Crippen molar-refractivity contribution in [2.75, 3.05) is 18.3 Å². The minimum atomic E-state index is 0.270. The van der Waals surface area contributed by atoms with Gasteiger partial charge in [-0.25, -0.2) is 0 Å². The van der Waals surface area contributed by atoms with Gasteiger partial charge < -0.3 is 9.84 Å². The summed E-state index contributed by atoms with van der Waals surface area (Å²) in [7, 11) is 0. The van der Waals surface area contributed by atoms with Crippen LogP contribution >= 0.6 is 11.8 Å². The monoisotopic (exact) mass is 212 g/mol. The molecule has 0 spiro atoms. The van der Waals surface area contributed by atoms with Crippen LogP contribution in [0.15, 0.2) is 30.3 Å². The molecule has 0 aliphatic rings. The van der Waals surface area contributed by atoms with Crippen molar-refractivity contribution in [2.24, 2.45) is 0 Å². The molecule has 2 nitrogen and oxygen atoms in total. The zero-order chi connectivity index (χ0) is 10.1. The number of ether oxygens (including phenoxy) is 1. The summed E-state index contributed by atoms with van der Waals surface area (Å²) in [6, 6.07) is 10.1. The second kappa shape index (κ2) is 7.85. The van der Waals surface area contributed by atoms with E-state index in [4.69, 9.17) is 9.84 Å². The van der Waals surface area contributed by atoms with E-state index in [-0.39, 0.29) is 6.61 Å². The molecular formula is C11H16O2S. The summed E-state index contributed by atoms with van der Waals surface area (Å²) in [5.74, 6) is 1.67. The van der Waals surface area contributed by atoms with Crippen molar-refractivity contribution in [3.05, 3.63) is 35.9 Å². The Hall–Kier alpha value is -0.510. The molecule has 14 heavy (non-hydrogen) atoms. The molecule has 0 fully saturated rings. The summed E-state index contributed by atoms with van der Waals surface area (Å²) in [6.07, 6.45) is 0.847. The number of rotatable bonds is 7. The SMILES string of the molecule is OCCCSCOCc1ccccc1. The molecule has 78 valence electrons. The van der Waals surface area contributed by atoms with Crippen LogP contribution in [0.2, 0.25) is 0 Å². The Labute approximate surface area is 89.3 Å². The number of hydrogen-bond acceptors (Lipinski definition) is 3. The lowest BCUT2D eigenvalue weighted by atomic mass is 10.2. The van der Waals surface area contributed by atoms with Gasteiger partial charge in [-0.15, -0.1) is 11.8 Å².